The zero-order valence-electron chi connectivity index (χ0n) is 21.4. The third kappa shape index (κ3) is 3.72. The van der Waals surface area contributed by atoms with Crippen LogP contribution in [0, 0.1) is 46.3 Å². The molecule has 3 nitrogen and oxygen atoms in total. The van der Waals surface area contributed by atoms with Crippen LogP contribution in [0.15, 0.2) is 0 Å². The average Bonchev–Trinajstić information content (AvgIpc) is 3.36. The second kappa shape index (κ2) is 8.23. The zero-order valence-corrected chi connectivity index (χ0v) is 21.4. The molecule has 0 unspecified atom stereocenters. The Hall–Kier alpha value is -0.120. The van der Waals surface area contributed by atoms with Crippen LogP contribution in [0.2, 0.25) is 0 Å². The minimum absolute atomic E-state index is 0.386. The van der Waals surface area contributed by atoms with E-state index < -0.39 is 5.60 Å². The van der Waals surface area contributed by atoms with Crippen LogP contribution in [0.5, 0.6) is 0 Å². The lowest BCUT2D eigenvalue weighted by molar-refractivity contribution is -0.152. The summed E-state index contributed by atoms with van der Waals surface area (Å²) in [7, 11) is 0. The van der Waals surface area contributed by atoms with Crippen LogP contribution >= 0.6 is 0 Å². The topological polar surface area (TPSA) is 49.7 Å². The maximum Gasteiger partial charge on any atom is 0.0902 e. The third-order valence-corrected chi connectivity index (χ3v) is 12.4. The highest BCUT2D eigenvalue weighted by Gasteiger charge is 2.61. The molecule has 0 aromatic carbocycles. The van der Waals surface area contributed by atoms with Gasteiger partial charge in [-0.3, -0.25) is 0 Å². The first-order chi connectivity index (χ1) is 15.1. The van der Waals surface area contributed by atoms with Crippen molar-refractivity contribution in [3.8, 4) is 0 Å². The molecule has 10 atom stereocenters. The molecule has 3 heteroatoms. The fourth-order valence-electron chi connectivity index (χ4n) is 10.1. The van der Waals surface area contributed by atoms with Gasteiger partial charge in [0.25, 0.3) is 0 Å². The largest absolute Gasteiger partial charge is 0.390 e. The van der Waals surface area contributed by atoms with Gasteiger partial charge in [0.15, 0.2) is 0 Å². The van der Waals surface area contributed by atoms with E-state index in [9.17, 15) is 10.2 Å². The highest BCUT2D eigenvalue weighted by Crippen LogP contribution is 2.69. The highest BCUT2D eigenvalue weighted by atomic mass is 16.5. The van der Waals surface area contributed by atoms with Crippen LogP contribution in [0.4, 0.5) is 0 Å². The molecule has 0 spiro atoms. The molecule has 184 valence electrons. The van der Waals surface area contributed by atoms with Gasteiger partial charge in [0, 0.05) is 13.0 Å². The van der Waals surface area contributed by atoms with Crippen molar-refractivity contribution in [1.29, 1.82) is 0 Å². The standard InChI is InChI=1S/C29H50O3/c1-5-28(30)15-14-26(3)21(18-28)6-7-22-24-9-8-23(27(24,4)12-11-25(22)26)20(2)10-13-29(31)16-17-32-19-29/h20-25,30-31H,5-19H2,1-4H3/t20-,21+,22+,23-,24+,25+,26+,27-,28+,29+/m1/s1. The molecule has 32 heavy (non-hydrogen) atoms. The van der Waals surface area contributed by atoms with Crippen LogP contribution in [0.1, 0.15) is 111 Å². The van der Waals surface area contributed by atoms with E-state index in [-0.39, 0.29) is 5.60 Å². The molecule has 5 fully saturated rings. The number of hydrogen-bond acceptors (Lipinski definition) is 3. The molecular formula is C29H50O3. The minimum atomic E-state index is -0.556. The number of aliphatic hydroxyl groups is 2. The van der Waals surface area contributed by atoms with E-state index in [4.69, 9.17) is 4.74 Å². The van der Waals surface area contributed by atoms with Gasteiger partial charge in [0.2, 0.25) is 0 Å². The molecule has 0 amide bonds. The van der Waals surface area contributed by atoms with Gasteiger partial charge in [-0.25, -0.2) is 0 Å². The molecule has 0 bridgehead atoms. The lowest BCUT2D eigenvalue weighted by Crippen LogP contribution is -2.56. The summed E-state index contributed by atoms with van der Waals surface area (Å²) in [4.78, 5) is 0. The number of fused-ring (bicyclic) bond motifs is 5. The number of hydrogen-bond donors (Lipinski definition) is 2. The molecule has 4 saturated carbocycles. The normalized spacial score (nSPS) is 54.0. The van der Waals surface area contributed by atoms with Gasteiger partial charge >= 0.3 is 0 Å². The second-order valence-corrected chi connectivity index (χ2v) is 13.7. The Kier molecular flexibility index (Phi) is 6.07. The van der Waals surface area contributed by atoms with Crippen molar-refractivity contribution in [2.24, 2.45) is 46.3 Å². The van der Waals surface area contributed by atoms with Crippen LogP contribution < -0.4 is 0 Å². The van der Waals surface area contributed by atoms with E-state index >= 15 is 0 Å². The molecule has 4 aliphatic carbocycles. The summed E-state index contributed by atoms with van der Waals surface area (Å²) in [5.74, 6) is 4.95. The van der Waals surface area contributed by atoms with Crippen molar-refractivity contribution < 1.29 is 14.9 Å². The van der Waals surface area contributed by atoms with Crippen molar-refractivity contribution in [2.75, 3.05) is 13.2 Å². The molecule has 0 aromatic heterocycles. The Balaban J connectivity index is 1.28. The van der Waals surface area contributed by atoms with Crippen molar-refractivity contribution in [2.45, 2.75) is 122 Å². The Morgan fingerprint density at radius 2 is 1.66 bits per heavy atom. The maximum absolute atomic E-state index is 11.0. The quantitative estimate of drug-likeness (QED) is 0.517. The summed E-state index contributed by atoms with van der Waals surface area (Å²) < 4.78 is 5.49. The second-order valence-electron chi connectivity index (χ2n) is 13.7. The first-order valence-corrected chi connectivity index (χ1v) is 14.1. The van der Waals surface area contributed by atoms with Crippen LogP contribution in [-0.2, 0) is 4.74 Å². The summed E-state index contributed by atoms with van der Waals surface area (Å²) in [6, 6.07) is 0. The molecule has 1 heterocycles. The van der Waals surface area contributed by atoms with Gasteiger partial charge in [-0.15, -0.1) is 0 Å². The van der Waals surface area contributed by atoms with Gasteiger partial charge in [-0.05, 0) is 123 Å². The lowest BCUT2D eigenvalue weighted by Gasteiger charge is -2.62. The first kappa shape index (κ1) is 23.6. The number of ether oxygens (including phenoxy) is 1. The molecule has 0 radical (unpaired) electrons. The maximum atomic E-state index is 11.0. The monoisotopic (exact) mass is 446 g/mol. The Bertz CT molecular complexity index is 686. The summed E-state index contributed by atoms with van der Waals surface area (Å²) >= 11 is 0. The van der Waals surface area contributed by atoms with Gasteiger partial charge in [0.1, 0.15) is 0 Å². The summed E-state index contributed by atoms with van der Waals surface area (Å²) in [5.41, 5.74) is 0.0141. The molecule has 1 aliphatic heterocycles. The lowest BCUT2D eigenvalue weighted by atomic mass is 9.43. The van der Waals surface area contributed by atoms with Crippen molar-refractivity contribution in [3.05, 3.63) is 0 Å². The van der Waals surface area contributed by atoms with E-state index in [0.717, 1.165) is 74.7 Å². The zero-order chi connectivity index (χ0) is 22.8. The Labute approximate surface area is 197 Å². The molecule has 5 rings (SSSR count). The van der Waals surface area contributed by atoms with Crippen molar-refractivity contribution in [1.82, 2.24) is 0 Å². The van der Waals surface area contributed by atoms with E-state index in [2.05, 4.69) is 27.7 Å². The van der Waals surface area contributed by atoms with Gasteiger partial charge in [-0.1, -0.05) is 27.7 Å². The van der Waals surface area contributed by atoms with Crippen LogP contribution in [-0.4, -0.2) is 34.6 Å². The first-order valence-electron chi connectivity index (χ1n) is 14.1. The molecule has 0 aromatic rings. The average molecular weight is 447 g/mol. The smallest absolute Gasteiger partial charge is 0.0902 e. The van der Waals surface area contributed by atoms with Gasteiger partial charge < -0.3 is 14.9 Å². The van der Waals surface area contributed by atoms with Crippen LogP contribution in [0.3, 0.4) is 0 Å². The van der Waals surface area contributed by atoms with Crippen molar-refractivity contribution >= 4 is 0 Å². The van der Waals surface area contributed by atoms with E-state index in [0.29, 0.717) is 23.4 Å². The Morgan fingerprint density at radius 3 is 2.38 bits per heavy atom. The summed E-state index contributed by atoms with van der Waals surface area (Å²) in [5, 5.41) is 21.8. The minimum Gasteiger partial charge on any atom is -0.390 e. The third-order valence-electron chi connectivity index (χ3n) is 12.4. The SMILES string of the molecule is CC[C@]1(O)CC[C@@]2(C)[C@@H](CC[C@@H]3[C@@H]2CC[C@]2(C)[C@@H]([C@H](C)CC[C@]4(O)CCOC4)CC[C@@H]32)C1. The Morgan fingerprint density at radius 1 is 0.875 bits per heavy atom. The van der Waals surface area contributed by atoms with E-state index in [1.54, 1.807) is 0 Å². The van der Waals surface area contributed by atoms with Crippen LogP contribution in [0.25, 0.3) is 0 Å². The molecular weight excluding hydrogens is 396 g/mol. The molecule has 5 aliphatic rings. The predicted molar refractivity (Wildman–Crippen MR) is 129 cm³/mol. The predicted octanol–water partition coefficient (Wildman–Crippen LogP) is 6.35. The fourth-order valence-corrected chi connectivity index (χ4v) is 10.1. The summed E-state index contributed by atoms with van der Waals surface area (Å²) in [6.45, 7) is 11.2. The van der Waals surface area contributed by atoms with Gasteiger partial charge in [0.05, 0.1) is 17.8 Å². The highest BCUT2D eigenvalue weighted by molar-refractivity contribution is 5.11. The molecule has 1 saturated heterocycles. The molecule has 2 N–H and O–H groups in total. The summed E-state index contributed by atoms with van der Waals surface area (Å²) in [6.07, 6.45) is 15.5. The van der Waals surface area contributed by atoms with Gasteiger partial charge in [-0.2, -0.15) is 0 Å². The van der Waals surface area contributed by atoms with E-state index in [1.165, 1.54) is 44.9 Å². The number of rotatable bonds is 5. The fraction of sp³-hybridized carbons (Fsp3) is 1.00. The van der Waals surface area contributed by atoms with Crippen molar-refractivity contribution in [3.63, 3.8) is 0 Å². The van der Waals surface area contributed by atoms with E-state index in [1.807, 2.05) is 0 Å².